The minimum Gasteiger partial charge on any atom is -0.496 e. The summed E-state index contributed by atoms with van der Waals surface area (Å²) in [6.07, 6.45) is 0. The topological polar surface area (TPSA) is 78.6 Å². The lowest BCUT2D eigenvalue weighted by Gasteiger charge is -2.09. The molecule has 2 aromatic carbocycles. The highest BCUT2D eigenvalue weighted by molar-refractivity contribution is 5.69. The van der Waals surface area contributed by atoms with Crippen LogP contribution in [0.5, 0.6) is 17.2 Å². The summed E-state index contributed by atoms with van der Waals surface area (Å²) in [5.41, 5.74) is 1.68. The Morgan fingerprint density at radius 1 is 0.920 bits per heavy atom. The van der Waals surface area contributed by atoms with Gasteiger partial charge in [0.15, 0.2) is 11.5 Å². The van der Waals surface area contributed by atoms with Crippen LogP contribution in [-0.2, 0) is 6.54 Å². The van der Waals surface area contributed by atoms with Gasteiger partial charge in [-0.3, -0.25) is 0 Å². The molecule has 0 amide bonds. The Hall–Kier alpha value is -3.22. The summed E-state index contributed by atoms with van der Waals surface area (Å²) in [4.78, 5) is 4.37. The number of anilines is 1. The molecule has 0 saturated heterocycles. The molecule has 0 unspecified atom stereocenters. The lowest BCUT2D eigenvalue weighted by molar-refractivity contribution is 0.355. The number of ether oxygens (including phenoxy) is 3. The van der Waals surface area contributed by atoms with E-state index in [2.05, 4.69) is 15.5 Å². The molecule has 1 heterocycles. The van der Waals surface area contributed by atoms with Gasteiger partial charge in [-0.25, -0.2) is 0 Å². The minimum absolute atomic E-state index is 0.311. The van der Waals surface area contributed by atoms with Crippen LogP contribution in [0.2, 0.25) is 0 Å². The van der Waals surface area contributed by atoms with Crippen LogP contribution in [0.4, 0.5) is 6.01 Å². The normalized spacial score (nSPS) is 10.4. The molecule has 0 aliphatic heterocycles. The number of hydrogen-bond acceptors (Lipinski definition) is 7. The first-order valence-corrected chi connectivity index (χ1v) is 7.67. The van der Waals surface area contributed by atoms with Gasteiger partial charge in [0.2, 0.25) is 5.82 Å². The number of methoxy groups -OCH3 is 3. The quantitative estimate of drug-likeness (QED) is 0.706. The van der Waals surface area contributed by atoms with E-state index >= 15 is 0 Å². The molecule has 0 aliphatic carbocycles. The fourth-order valence-electron chi connectivity index (χ4n) is 2.49. The molecule has 0 saturated carbocycles. The van der Waals surface area contributed by atoms with Crippen molar-refractivity contribution in [1.29, 1.82) is 0 Å². The number of para-hydroxylation sites is 2. The van der Waals surface area contributed by atoms with E-state index in [-0.39, 0.29) is 0 Å². The molecule has 0 bridgehead atoms. The van der Waals surface area contributed by atoms with Crippen LogP contribution in [0.25, 0.3) is 11.4 Å². The van der Waals surface area contributed by atoms with E-state index in [0.717, 1.165) is 11.3 Å². The Labute approximate surface area is 145 Å². The zero-order chi connectivity index (χ0) is 17.6. The molecule has 3 rings (SSSR count). The van der Waals surface area contributed by atoms with Crippen molar-refractivity contribution in [3.63, 3.8) is 0 Å². The van der Waals surface area contributed by atoms with Crippen LogP contribution >= 0.6 is 0 Å². The first-order chi connectivity index (χ1) is 12.3. The fraction of sp³-hybridized carbons (Fsp3) is 0.222. The van der Waals surface area contributed by atoms with E-state index in [9.17, 15) is 0 Å². The van der Waals surface area contributed by atoms with Crippen LogP contribution in [0.15, 0.2) is 47.0 Å². The van der Waals surface area contributed by atoms with Gasteiger partial charge in [-0.2, -0.15) is 4.98 Å². The Kier molecular flexibility index (Phi) is 5.03. The summed E-state index contributed by atoms with van der Waals surface area (Å²) < 4.78 is 21.3. The average Bonchev–Trinajstić information content (AvgIpc) is 3.14. The van der Waals surface area contributed by atoms with Crippen molar-refractivity contribution >= 4 is 6.01 Å². The molecule has 1 N–H and O–H groups in total. The second kappa shape index (κ2) is 7.57. The molecule has 1 aromatic heterocycles. The first-order valence-electron chi connectivity index (χ1n) is 7.67. The van der Waals surface area contributed by atoms with Gasteiger partial charge >= 0.3 is 6.01 Å². The lowest BCUT2D eigenvalue weighted by atomic mass is 10.2. The zero-order valence-corrected chi connectivity index (χ0v) is 14.3. The maximum absolute atomic E-state index is 5.41. The Balaban J connectivity index is 1.79. The van der Waals surface area contributed by atoms with Gasteiger partial charge < -0.3 is 24.1 Å². The third-order valence-electron chi connectivity index (χ3n) is 3.69. The molecular weight excluding hydrogens is 322 g/mol. The molecule has 0 radical (unpaired) electrons. The molecule has 0 spiro atoms. The predicted molar refractivity (Wildman–Crippen MR) is 93.2 cm³/mol. The summed E-state index contributed by atoms with van der Waals surface area (Å²) >= 11 is 0. The minimum atomic E-state index is 0.311. The number of rotatable bonds is 7. The smallest absolute Gasteiger partial charge is 0.322 e. The molecule has 0 atom stereocenters. The van der Waals surface area contributed by atoms with E-state index in [0.29, 0.717) is 35.4 Å². The van der Waals surface area contributed by atoms with Gasteiger partial charge in [0.05, 0.1) is 26.9 Å². The molecular formula is C18H19N3O4. The summed E-state index contributed by atoms with van der Waals surface area (Å²) in [6.45, 7) is 0.501. The molecule has 25 heavy (non-hydrogen) atoms. The van der Waals surface area contributed by atoms with Gasteiger partial charge in [-0.05, 0) is 18.2 Å². The van der Waals surface area contributed by atoms with E-state index in [1.807, 2.05) is 42.5 Å². The SMILES string of the molecule is COc1ccccc1CNc1nc(-c2cccc(OC)c2OC)no1. The van der Waals surface area contributed by atoms with Crippen LogP contribution in [0.3, 0.4) is 0 Å². The zero-order valence-electron chi connectivity index (χ0n) is 14.3. The highest BCUT2D eigenvalue weighted by atomic mass is 16.5. The molecule has 3 aromatic rings. The van der Waals surface area contributed by atoms with Crippen LogP contribution in [-0.4, -0.2) is 31.5 Å². The molecule has 0 fully saturated rings. The summed E-state index contributed by atoms with van der Waals surface area (Å²) in [5, 5.41) is 7.11. The maximum Gasteiger partial charge on any atom is 0.322 e. The van der Waals surface area contributed by atoms with Crippen molar-refractivity contribution in [3.05, 3.63) is 48.0 Å². The Morgan fingerprint density at radius 2 is 1.68 bits per heavy atom. The highest BCUT2D eigenvalue weighted by Crippen LogP contribution is 2.36. The van der Waals surface area contributed by atoms with Gasteiger partial charge in [-0.1, -0.05) is 29.4 Å². The number of benzene rings is 2. The predicted octanol–water partition coefficient (Wildman–Crippen LogP) is 3.37. The lowest BCUT2D eigenvalue weighted by Crippen LogP contribution is -2.01. The van der Waals surface area contributed by atoms with E-state index in [1.165, 1.54) is 0 Å². The van der Waals surface area contributed by atoms with Crippen molar-refractivity contribution < 1.29 is 18.7 Å². The first kappa shape index (κ1) is 16.6. The maximum atomic E-state index is 5.41. The van der Waals surface area contributed by atoms with Crippen molar-refractivity contribution in [2.75, 3.05) is 26.6 Å². The Bertz CT molecular complexity index is 848. The number of nitrogens with one attached hydrogen (secondary N) is 1. The Morgan fingerprint density at radius 3 is 2.44 bits per heavy atom. The van der Waals surface area contributed by atoms with Crippen LogP contribution in [0.1, 0.15) is 5.56 Å². The van der Waals surface area contributed by atoms with Crippen LogP contribution in [0, 0.1) is 0 Å². The largest absolute Gasteiger partial charge is 0.496 e. The number of nitrogens with zero attached hydrogens (tertiary/aromatic N) is 2. The van der Waals surface area contributed by atoms with Crippen molar-refractivity contribution in [1.82, 2.24) is 10.1 Å². The third-order valence-corrected chi connectivity index (χ3v) is 3.69. The van der Waals surface area contributed by atoms with Gasteiger partial charge in [0.1, 0.15) is 5.75 Å². The summed E-state index contributed by atoms with van der Waals surface area (Å²) in [7, 11) is 4.79. The second-order valence-electron chi connectivity index (χ2n) is 5.13. The monoisotopic (exact) mass is 341 g/mol. The summed E-state index contributed by atoms with van der Waals surface area (Å²) in [6, 6.07) is 13.5. The van der Waals surface area contributed by atoms with Crippen molar-refractivity contribution in [2.24, 2.45) is 0 Å². The third kappa shape index (κ3) is 3.50. The highest BCUT2D eigenvalue weighted by Gasteiger charge is 2.16. The molecule has 0 aliphatic rings. The van der Waals surface area contributed by atoms with Crippen molar-refractivity contribution in [2.45, 2.75) is 6.54 Å². The van der Waals surface area contributed by atoms with Gasteiger partial charge in [0.25, 0.3) is 0 Å². The summed E-state index contributed by atoms with van der Waals surface area (Å²) in [5.74, 6) is 2.37. The molecule has 7 nitrogen and oxygen atoms in total. The van der Waals surface area contributed by atoms with E-state index in [4.69, 9.17) is 18.7 Å². The number of aromatic nitrogens is 2. The number of hydrogen-bond donors (Lipinski definition) is 1. The van der Waals surface area contributed by atoms with Gasteiger partial charge in [0, 0.05) is 12.1 Å². The molecule has 130 valence electrons. The second-order valence-corrected chi connectivity index (χ2v) is 5.13. The average molecular weight is 341 g/mol. The fourth-order valence-corrected chi connectivity index (χ4v) is 2.49. The van der Waals surface area contributed by atoms with Crippen LogP contribution < -0.4 is 19.5 Å². The standard InChI is InChI=1S/C18H19N3O4/c1-22-14-9-5-4-7-12(14)11-19-18-20-17(21-25-18)13-8-6-10-15(23-2)16(13)24-3/h4-10H,11H2,1-3H3,(H,19,20,21). The van der Waals surface area contributed by atoms with E-state index < -0.39 is 0 Å². The molecule has 7 heteroatoms. The van der Waals surface area contributed by atoms with Crippen molar-refractivity contribution in [3.8, 4) is 28.6 Å². The van der Waals surface area contributed by atoms with E-state index in [1.54, 1.807) is 21.3 Å². The van der Waals surface area contributed by atoms with Gasteiger partial charge in [-0.15, -0.1) is 0 Å².